The molecule has 0 aliphatic heterocycles. The maximum Gasteiger partial charge on any atom is 0.471 e. The van der Waals surface area contributed by atoms with Crippen molar-refractivity contribution in [3.05, 3.63) is 53.9 Å². The van der Waals surface area contributed by atoms with Crippen LogP contribution in [0.25, 0.3) is 11.4 Å². The SMILES string of the molecule is O=Cc1cn(Cc2ccc(-c3noc(C(F)(F)F)n3)cc2)cn1. The minimum atomic E-state index is -4.66. The Morgan fingerprint density at radius 3 is 2.52 bits per heavy atom. The van der Waals surface area contributed by atoms with Gasteiger partial charge in [-0.1, -0.05) is 29.4 Å². The van der Waals surface area contributed by atoms with E-state index in [9.17, 15) is 18.0 Å². The summed E-state index contributed by atoms with van der Waals surface area (Å²) in [5.74, 6) is -1.51. The quantitative estimate of drug-likeness (QED) is 0.691. The van der Waals surface area contributed by atoms with Gasteiger partial charge in [0.1, 0.15) is 5.69 Å². The number of aromatic nitrogens is 4. The zero-order valence-corrected chi connectivity index (χ0v) is 11.5. The second kappa shape index (κ2) is 5.67. The average Bonchev–Trinajstić information content (AvgIpc) is 3.16. The minimum absolute atomic E-state index is 0.130. The molecule has 0 amide bonds. The fraction of sp³-hybridized carbons (Fsp3) is 0.143. The van der Waals surface area contributed by atoms with E-state index in [0.29, 0.717) is 24.1 Å². The molecule has 118 valence electrons. The molecule has 0 aliphatic carbocycles. The summed E-state index contributed by atoms with van der Waals surface area (Å²) < 4.78 is 43.2. The van der Waals surface area contributed by atoms with Gasteiger partial charge >= 0.3 is 12.1 Å². The Balaban J connectivity index is 1.76. The Morgan fingerprint density at radius 1 is 1.22 bits per heavy atom. The Kier molecular flexibility index (Phi) is 3.68. The highest BCUT2D eigenvalue weighted by molar-refractivity contribution is 5.70. The van der Waals surface area contributed by atoms with Crippen molar-refractivity contribution in [2.75, 3.05) is 0 Å². The average molecular weight is 322 g/mol. The Bertz CT molecular complexity index is 821. The molecule has 1 aromatic carbocycles. The van der Waals surface area contributed by atoms with Crippen molar-refractivity contribution >= 4 is 6.29 Å². The fourth-order valence-electron chi connectivity index (χ4n) is 1.95. The lowest BCUT2D eigenvalue weighted by Crippen LogP contribution is -2.04. The van der Waals surface area contributed by atoms with E-state index in [-0.39, 0.29) is 5.82 Å². The monoisotopic (exact) mass is 322 g/mol. The number of hydrogen-bond acceptors (Lipinski definition) is 5. The van der Waals surface area contributed by atoms with Crippen LogP contribution in [0.2, 0.25) is 0 Å². The highest BCUT2D eigenvalue weighted by Gasteiger charge is 2.38. The highest BCUT2D eigenvalue weighted by atomic mass is 19.4. The van der Waals surface area contributed by atoms with Crippen molar-refractivity contribution in [2.45, 2.75) is 12.7 Å². The molecular formula is C14H9F3N4O2. The number of imidazole rings is 1. The van der Waals surface area contributed by atoms with E-state index < -0.39 is 12.1 Å². The van der Waals surface area contributed by atoms with E-state index >= 15 is 0 Å². The summed E-state index contributed by atoms with van der Waals surface area (Å²) in [6.45, 7) is 0.473. The van der Waals surface area contributed by atoms with Gasteiger partial charge in [-0.3, -0.25) is 4.79 Å². The molecule has 3 rings (SSSR count). The molecule has 3 aromatic rings. The fourth-order valence-corrected chi connectivity index (χ4v) is 1.95. The van der Waals surface area contributed by atoms with Gasteiger partial charge < -0.3 is 9.09 Å². The van der Waals surface area contributed by atoms with Crippen LogP contribution < -0.4 is 0 Å². The van der Waals surface area contributed by atoms with E-state index in [0.717, 1.165) is 5.56 Å². The summed E-state index contributed by atoms with van der Waals surface area (Å²) in [6, 6.07) is 6.63. The number of hydrogen-bond donors (Lipinski definition) is 0. The lowest BCUT2D eigenvalue weighted by Gasteiger charge is -2.03. The number of rotatable bonds is 4. The molecule has 0 unspecified atom stereocenters. The van der Waals surface area contributed by atoms with E-state index in [2.05, 4.69) is 19.6 Å². The van der Waals surface area contributed by atoms with E-state index in [4.69, 9.17) is 0 Å². The first-order valence-electron chi connectivity index (χ1n) is 6.43. The van der Waals surface area contributed by atoms with Gasteiger partial charge in [-0.25, -0.2) is 4.98 Å². The molecule has 0 radical (unpaired) electrons. The van der Waals surface area contributed by atoms with Gasteiger partial charge in [0.2, 0.25) is 5.82 Å². The molecule has 0 bridgehead atoms. The summed E-state index contributed by atoms with van der Waals surface area (Å²) in [7, 11) is 0. The predicted octanol–water partition coefficient (Wildman–Crippen LogP) is 2.81. The summed E-state index contributed by atoms with van der Waals surface area (Å²) in [6.07, 6.45) is -0.904. The number of carbonyl (C=O) groups is 1. The maximum absolute atomic E-state index is 12.4. The van der Waals surface area contributed by atoms with Crippen LogP contribution in [0.3, 0.4) is 0 Å². The molecule has 0 aliphatic rings. The van der Waals surface area contributed by atoms with Crippen molar-refractivity contribution in [3.63, 3.8) is 0 Å². The molecule has 2 aromatic heterocycles. The van der Waals surface area contributed by atoms with E-state index in [1.165, 1.54) is 6.33 Å². The van der Waals surface area contributed by atoms with Crippen molar-refractivity contribution in [1.82, 2.24) is 19.7 Å². The molecule has 23 heavy (non-hydrogen) atoms. The van der Waals surface area contributed by atoms with Gasteiger partial charge in [-0.2, -0.15) is 18.2 Å². The number of halogens is 3. The summed E-state index contributed by atoms with van der Waals surface area (Å²) in [4.78, 5) is 17.8. The number of carbonyl (C=O) groups excluding carboxylic acids is 1. The Hall–Kier alpha value is -2.97. The molecule has 9 heteroatoms. The first-order chi connectivity index (χ1) is 11.0. The number of aldehydes is 1. The van der Waals surface area contributed by atoms with Crippen LogP contribution in [-0.4, -0.2) is 26.0 Å². The van der Waals surface area contributed by atoms with E-state index in [1.807, 2.05) is 0 Å². The molecule has 0 saturated carbocycles. The van der Waals surface area contributed by atoms with Gasteiger partial charge in [0, 0.05) is 18.3 Å². The van der Waals surface area contributed by atoms with Gasteiger partial charge in [0.05, 0.1) is 6.33 Å². The molecule has 0 spiro atoms. The number of alkyl halides is 3. The maximum atomic E-state index is 12.4. The normalized spacial score (nSPS) is 11.6. The lowest BCUT2D eigenvalue weighted by atomic mass is 10.1. The van der Waals surface area contributed by atoms with Crippen molar-refractivity contribution in [3.8, 4) is 11.4 Å². The highest BCUT2D eigenvalue weighted by Crippen LogP contribution is 2.29. The third-order valence-corrected chi connectivity index (χ3v) is 3.02. The van der Waals surface area contributed by atoms with Crippen molar-refractivity contribution < 1.29 is 22.5 Å². The van der Waals surface area contributed by atoms with Crippen LogP contribution in [0.5, 0.6) is 0 Å². The van der Waals surface area contributed by atoms with Crippen molar-refractivity contribution in [2.24, 2.45) is 0 Å². The first kappa shape index (κ1) is 14.9. The van der Waals surface area contributed by atoms with Crippen LogP contribution in [0.15, 0.2) is 41.3 Å². The lowest BCUT2D eigenvalue weighted by molar-refractivity contribution is -0.159. The number of benzene rings is 1. The van der Waals surface area contributed by atoms with Crippen LogP contribution >= 0.6 is 0 Å². The van der Waals surface area contributed by atoms with Gasteiger partial charge in [0.15, 0.2) is 6.29 Å². The second-order valence-electron chi connectivity index (χ2n) is 4.71. The minimum Gasteiger partial charge on any atom is -0.332 e. The molecule has 0 N–H and O–H groups in total. The van der Waals surface area contributed by atoms with Crippen molar-refractivity contribution in [1.29, 1.82) is 0 Å². The zero-order chi connectivity index (χ0) is 16.4. The summed E-state index contributed by atoms with van der Waals surface area (Å²) in [5.41, 5.74) is 1.61. The van der Waals surface area contributed by atoms with Crippen LogP contribution in [0, 0.1) is 0 Å². The molecule has 2 heterocycles. The van der Waals surface area contributed by atoms with Gasteiger partial charge in [0.25, 0.3) is 0 Å². The largest absolute Gasteiger partial charge is 0.471 e. The number of nitrogens with zero attached hydrogens (tertiary/aromatic N) is 4. The Morgan fingerprint density at radius 2 is 1.96 bits per heavy atom. The van der Waals surface area contributed by atoms with E-state index in [1.54, 1.807) is 35.0 Å². The summed E-state index contributed by atoms with van der Waals surface area (Å²) >= 11 is 0. The Labute approximate surface area is 127 Å². The molecule has 6 nitrogen and oxygen atoms in total. The molecule has 0 fully saturated rings. The zero-order valence-electron chi connectivity index (χ0n) is 11.5. The molecule has 0 atom stereocenters. The van der Waals surface area contributed by atoms with Gasteiger partial charge in [-0.05, 0) is 5.56 Å². The second-order valence-corrected chi connectivity index (χ2v) is 4.71. The smallest absolute Gasteiger partial charge is 0.332 e. The predicted molar refractivity (Wildman–Crippen MR) is 71.5 cm³/mol. The van der Waals surface area contributed by atoms with Crippen LogP contribution in [0.1, 0.15) is 21.9 Å². The third kappa shape index (κ3) is 3.28. The molecular weight excluding hydrogens is 313 g/mol. The standard InChI is InChI=1S/C14H9F3N4O2/c15-14(16,17)13-19-12(20-23-13)10-3-1-9(2-4-10)5-21-6-11(7-22)18-8-21/h1-4,6-8H,5H2. The first-order valence-corrected chi connectivity index (χ1v) is 6.43. The summed E-state index contributed by atoms with van der Waals surface area (Å²) in [5, 5.41) is 3.32. The topological polar surface area (TPSA) is 73.8 Å². The van der Waals surface area contributed by atoms with Crippen LogP contribution in [0.4, 0.5) is 13.2 Å². The van der Waals surface area contributed by atoms with Crippen LogP contribution in [-0.2, 0) is 12.7 Å². The molecule has 0 saturated heterocycles. The van der Waals surface area contributed by atoms with Gasteiger partial charge in [-0.15, -0.1) is 0 Å². The third-order valence-electron chi connectivity index (χ3n) is 3.02.